The fourth-order valence-electron chi connectivity index (χ4n) is 1.66. The highest BCUT2D eigenvalue weighted by atomic mass is 32.1. The normalized spacial score (nSPS) is 10.3. The van der Waals surface area contributed by atoms with Crippen LogP contribution < -0.4 is 5.73 Å². The van der Waals surface area contributed by atoms with E-state index < -0.39 is 5.97 Å². The summed E-state index contributed by atoms with van der Waals surface area (Å²) in [7, 11) is 1.31. The monoisotopic (exact) mass is 263 g/mol. The Hall–Kier alpha value is -1.95. The first-order chi connectivity index (χ1) is 8.61. The number of esters is 1. The van der Waals surface area contributed by atoms with Gasteiger partial charge in [0.15, 0.2) is 0 Å². The molecule has 0 aliphatic rings. The zero-order valence-electron chi connectivity index (χ0n) is 10.1. The topological polar surface area (TPSA) is 78.1 Å². The second-order valence-electron chi connectivity index (χ2n) is 3.73. The number of nitrogen functional groups attached to an aromatic ring is 1. The number of aryl methyl sites for hydroxylation is 1. The van der Waals surface area contributed by atoms with Crippen LogP contribution in [-0.2, 0) is 11.2 Å². The maximum atomic E-state index is 11.5. The Morgan fingerprint density at radius 3 is 2.83 bits per heavy atom. The van der Waals surface area contributed by atoms with Gasteiger partial charge in [0.2, 0.25) is 0 Å². The van der Waals surface area contributed by atoms with Crippen molar-refractivity contribution in [2.45, 2.75) is 13.3 Å². The van der Waals surface area contributed by atoms with Crippen molar-refractivity contribution >= 4 is 23.1 Å². The number of rotatable bonds is 3. The average molecular weight is 263 g/mol. The van der Waals surface area contributed by atoms with Gasteiger partial charge in [-0.3, -0.25) is 0 Å². The summed E-state index contributed by atoms with van der Waals surface area (Å²) in [4.78, 5) is 21.1. The minimum Gasteiger partial charge on any atom is -0.465 e. The third-order valence-corrected chi connectivity index (χ3v) is 3.34. The average Bonchev–Trinajstić information content (AvgIpc) is 2.80. The Morgan fingerprint density at radius 2 is 2.28 bits per heavy atom. The van der Waals surface area contributed by atoms with E-state index in [1.165, 1.54) is 7.11 Å². The first-order valence-corrected chi connectivity index (χ1v) is 6.23. The van der Waals surface area contributed by atoms with Gasteiger partial charge in [0.05, 0.1) is 12.8 Å². The van der Waals surface area contributed by atoms with E-state index in [1.807, 2.05) is 17.5 Å². The fourth-order valence-corrected chi connectivity index (χ4v) is 2.36. The smallest absolute Gasteiger partial charge is 0.343 e. The maximum absolute atomic E-state index is 11.5. The Bertz CT molecular complexity index is 544. The lowest BCUT2D eigenvalue weighted by Gasteiger charge is -2.08. The first-order valence-electron chi connectivity index (χ1n) is 5.35. The summed E-state index contributed by atoms with van der Waals surface area (Å²) in [6, 6.07) is 3.98. The number of nitrogens with zero attached hydrogens (tertiary/aromatic N) is 2. The number of hydrogen-bond acceptors (Lipinski definition) is 6. The Morgan fingerprint density at radius 1 is 1.50 bits per heavy atom. The number of carbonyl (C=O) groups excluding carboxylic acids is 1. The number of methoxy groups -OCH3 is 1. The molecule has 2 aromatic rings. The van der Waals surface area contributed by atoms with Gasteiger partial charge in [0.1, 0.15) is 17.2 Å². The van der Waals surface area contributed by atoms with Crippen molar-refractivity contribution < 1.29 is 9.53 Å². The highest BCUT2D eigenvalue weighted by Crippen LogP contribution is 2.17. The molecule has 0 spiro atoms. The molecule has 2 aromatic heterocycles. The lowest BCUT2D eigenvalue weighted by atomic mass is 10.2. The summed E-state index contributed by atoms with van der Waals surface area (Å²) in [6.45, 7) is 1.72. The molecular formula is C12H13N3O2S. The van der Waals surface area contributed by atoms with Crippen molar-refractivity contribution in [1.29, 1.82) is 0 Å². The van der Waals surface area contributed by atoms with Crippen molar-refractivity contribution in [3.63, 3.8) is 0 Å². The van der Waals surface area contributed by atoms with Gasteiger partial charge in [-0.2, -0.15) is 0 Å². The van der Waals surface area contributed by atoms with Crippen LogP contribution in [0, 0.1) is 6.92 Å². The quantitative estimate of drug-likeness (QED) is 0.854. The van der Waals surface area contributed by atoms with Gasteiger partial charge < -0.3 is 10.5 Å². The number of aromatic nitrogens is 2. The minimum atomic E-state index is -0.507. The van der Waals surface area contributed by atoms with Crippen LogP contribution in [0.2, 0.25) is 0 Å². The fraction of sp³-hybridized carbons (Fsp3) is 0.250. The van der Waals surface area contributed by atoms with Crippen molar-refractivity contribution in [2.24, 2.45) is 0 Å². The second-order valence-corrected chi connectivity index (χ2v) is 4.77. The van der Waals surface area contributed by atoms with E-state index >= 15 is 0 Å². The lowest BCUT2D eigenvalue weighted by Crippen LogP contribution is -2.13. The summed E-state index contributed by atoms with van der Waals surface area (Å²) < 4.78 is 4.65. The number of carbonyl (C=O) groups is 1. The van der Waals surface area contributed by atoms with Gasteiger partial charge >= 0.3 is 5.97 Å². The van der Waals surface area contributed by atoms with Gasteiger partial charge in [-0.1, -0.05) is 6.07 Å². The van der Waals surface area contributed by atoms with E-state index in [2.05, 4.69) is 14.7 Å². The van der Waals surface area contributed by atoms with Crippen LogP contribution in [0.15, 0.2) is 17.5 Å². The van der Waals surface area contributed by atoms with Crippen LogP contribution in [0.1, 0.15) is 26.8 Å². The zero-order valence-corrected chi connectivity index (χ0v) is 11.0. The third kappa shape index (κ3) is 2.48. The SMILES string of the molecule is COC(=O)c1c(C)nc(Cc2cccs2)nc1N. The number of anilines is 1. The molecular weight excluding hydrogens is 250 g/mol. The van der Waals surface area contributed by atoms with Crippen LogP contribution in [0.3, 0.4) is 0 Å². The molecule has 0 aromatic carbocycles. The van der Waals surface area contributed by atoms with Crippen molar-refractivity contribution in [3.8, 4) is 0 Å². The zero-order chi connectivity index (χ0) is 13.1. The molecule has 5 nitrogen and oxygen atoms in total. The largest absolute Gasteiger partial charge is 0.465 e. The van der Waals surface area contributed by atoms with Gasteiger partial charge in [-0.15, -0.1) is 11.3 Å². The summed E-state index contributed by atoms with van der Waals surface area (Å²) in [6.07, 6.45) is 0.615. The summed E-state index contributed by atoms with van der Waals surface area (Å²) in [5.41, 5.74) is 6.56. The molecule has 6 heteroatoms. The molecule has 2 rings (SSSR count). The van der Waals surface area contributed by atoms with E-state index in [0.29, 0.717) is 17.9 Å². The molecule has 0 aliphatic heterocycles. The molecule has 0 radical (unpaired) electrons. The van der Waals surface area contributed by atoms with E-state index in [4.69, 9.17) is 5.73 Å². The van der Waals surface area contributed by atoms with E-state index in [9.17, 15) is 4.79 Å². The number of hydrogen-bond donors (Lipinski definition) is 1. The van der Waals surface area contributed by atoms with Crippen LogP contribution in [0.25, 0.3) is 0 Å². The molecule has 0 unspecified atom stereocenters. The Labute approximate surface area is 109 Å². The van der Waals surface area contributed by atoms with Gasteiger partial charge in [0, 0.05) is 11.3 Å². The molecule has 0 fully saturated rings. The molecule has 0 aliphatic carbocycles. The third-order valence-electron chi connectivity index (χ3n) is 2.47. The van der Waals surface area contributed by atoms with Gasteiger partial charge in [-0.25, -0.2) is 14.8 Å². The molecule has 0 bridgehead atoms. The molecule has 0 amide bonds. The molecule has 2 heterocycles. The van der Waals surface area contributed by atoms with Crippen LogP contribution in [-0.4, -0.2) is 23.0 Å². The molecule has 2 N–H and O–H groups in total. The van der Waals surface area contributed by atoms with E-state index in [-0.39, 0.29) is 11.4 Å². The predicted molar refractivity (Wildman–Crippen MR) is 69.6 cm³/mol. The van der Waals surface area contributed by atoms with Crippen molar-refractivity contribution in [1.82, 2.24) is 9.97 Å². The minimum absolute atomic E-state index is 0.168. The summed E-state index contributed by atoms with van der Waals surface area (Å²) >= 11 is 1.63. The maximum Gasteiger partial charge on any atom is 0.343 e. The van der Waals surface area contributed by atoms with E-state index in [1.54, 1.807) is 18.3 Å². The number of ether oxygens (including phenoxy) is 1. The summed E-state index contributed by atoms with van der Waals surface area (Å²) in [5.74, 6) is 0.272. The van der Waals surface area contributed by atoms with Gasteiger partial charge in [0.25, 0.3) is 0 Å². The molecule has 0 atom stereocenters. The summed E-state index contributed by atoms with van der Waals surface area (Å²) in [5, 5.41) is 1.99. The molecule has 94 valence electrons. The molecule has 0 saturated carbocycles. The molecule has 18 heavy (non-hydrogen) atoms. The second kappa shape index (κ2) is 5.14. The van der Waals surface area contributed by atoms with Crippen LogP contribution in [0.4, 0.5) is 5.82 Å². The van der Waals surface area contributed by atoms with Crippen molar-refractivity contribution in [2.75, 3.05) is 12.8 Å². The standard InChI is InChI=1S/C12H13N3O2S/c1-7-10(12(16)17-2)11(13)15-9(14-7)6-8-4-3-5-18-8/h3-5H,6H2,1-2H3,(H2,13,14,15). The highest BCUT2D eigenvalue weighted by Gasteiger charge is 2.17. The van der Waals surface area contributed by atoms with E-state index in [0.717, 1.165) is 4.88 Å². The Balaban J connectivity index is 2.33. The highest BCUT2D eigenvalue weighted by molar-refractivity contribution is 7.09. The lowest BCUT2D eigenvalue weighted by molar-refractivity contribution is 0.0600. The van der Waals surface area contributed by atoms with Crippen LogP contribution in [0.5, 0.6) is 0 Å². The van der Waals surface area contributed by atoms with Crippen molar-refractivity contribution in [3.05, 3.63) is 39.5 Å². The predicted octanol–water partition coefficient (Wildman–Crippen LogP) is 1.81. The van der Waals surface area contributed by atoms with Crippen LogP contribution >= 0.6 is 11.3 Å². The molecule has 0 saturated heterocycles. The number of thiophene rings is 1. The van der Waals surface area contributed by atoms with Gasteiger partial charge in [-0.05, 0) is 18.4 Å². The number of nitrogens with two attached hydrogens (primary N) is 1. The Kier molecular flexibility index (Phi) is 3.57. The first kappa shape index (κ1) is 12.5.